The molecule has 1 saturated heterocycles. The Hall–Kier alpha value is -1.23. The van der Waals surface area contributed by atoms with Gasteiger partial charge in [-0.2, -0.15) is 0 Å². The van der Waals surface area contributed by atoms with Gasteiger partial charge in [0.15, 0.2) is 11.6 Å². The zero-order valence-electron chi connectivity index (χ0n) is 11.0. The van der Waals surface area contributed by atoms with Gasteiger partial charge < -0.3 is 19.3 Å². The molecule has 17 heavy (non-hydrogen) atoms. The maximum Gasteiger partial charge on any atom is 0.177 e. The highest BCUT2D eigenvalue weighted by molar-refractivity contribution is 5.97. The van der Waals surface area contributed by atoms with Crippen LogP contribution < -0.4 is 0 Å². The number of rotatable bonds is 3. The number of hydrogen-bond acceptors (Lipinski definition) is 5. The SMILES string of the molecule is CCN1CCOC2=CN(C)C(C(C)OC)N=C21. The van der Waals surface area contributed by atoms with Crippen molar-refractivity contribution in [1.29, 1.82) is 0 Å². The van der Waals surface area contributed by atoms with Crippen molar-refractivity contribution in [3.63, 3.8) is 0 Å². The number of morpholine rings is 1. The molecular formula is C12H21N3O2. The first-order chi connectivity index (χ1) is 8.17. The van der Waals surface area contributed by atoms with Crippen LogP contribution in [0.5, 0.6) is 0 Å². The number of nitrogens with zero attached hydrogens (tertiary/aromatic N) is 3. The summed E-state index contributed by atoms with van der Waals surface area (Å²) in [6, 6.07) is 0. The number of hydrogen-bond donors (Lipinski definition) is 0. The van der Waals surface area contributed by atoms with Crippen LogP contribution in [0.1, 0.15) is 13.8 Å². The molecule has 2 rings (SSSR count). The van der Waals surface area contributed by atoms with E-state index >= 15 is 0 Å². The molecule has 0 aromatic heterocycles. The van der Waals surface area contributed by atoms with Gasteiger partial charge in [-0.25, -0.2) is 4.99 Å². The van der Waals surface area contributed by atoms with Crippen molar-refractivity contribution in [2.75, 3.05) is 33.9 Å². The van der Waals surface area contributed by atoms with Crippen LogP contribution in [0.4, 0.5) is 0 Å². The van der Waals surface area contributed by atoms with Crippen LogP contribution in [-0.2, 0) is 9.47 Å². The fraction of sp³-hybridized carbons (Fsp3) is 0.750. The van der Waals surface area contributed by atoms with Gasteiger partial charge in [0, 0.05) is 26.9 Å². The molecule has 0 aliphatic carbocycles. The normalized spacial score (nSPS) is 25.8. The third kappa shape index (κ3) is 2.24. The average Bonchev–Trinajstić information content (AvgIpc) is 2.36. The highest BCUT2D eigenvalue weighted by atomic mass is 16.5. The molecule has 5 nitrogen and oxygen atoms in total. The number of ether oxygens (including phenoxy) is 2. The lowest BCUT2D eigenvalue weighted by Crippen LogP contribution is -2.48. The molecule has 96 valence electrons. The summed E-state index contributed by atoms with van der Waals surface area (Å²) < 4.78 is 11.0. The second kappa shape index (κ2) is 4.96. The first-order valence-corrected chi connectivity index (χ1v) is 6.09. The molecule has 0 saturated carbocycles. The minimum atomic E-state index is 0.0227. The molecule has 2 aliphatic rings. The predicted octanol–water partition coefficient (Wildman–Crippen LogP) is 0.885. The zero-order chi connectivity index (χ0) is 12.4. The molecule has 2 heterocycles. The standard InChI is InChI=1S/C12H21N3O2/c1-5-15-6-7-17-10-8-14(3)11(9(2)16-4)13-12(10)15/h8-9,11H,5-7H2,1-4H3. The summed E-state index contributed by atoms with van der Waals surface area (Å²) >= 11 is 0. The van der Waals surface area contributed by atoms with Crippen LogP contribution in [-0.4, -0.2) is 61.8 Å². The van der Waals surface area contributed by atoms with Crippen molar-refractivity contribution < 1.29 is 9.47 Å². The minimum absolute atomic E-state index is 0.0227. The first kappa shape index (κ1) is 12.2. The van der Waals surface area contributed by atoms with Crippen LogP contribution in [0.2, 0.25) is 0 Å². The van der Waals surface area contributed by atoms with Gasteiger partial charge in [0.1, 0.15) is 12.8 Å². The molecule has 0 amide bonds. The molecule has 0 spiro atoms. The van der Waals surface area contributed by atoms with Crippen molar-refractivity contribution >= 4 is 5.84 Å². The highest BCUT2D eigenvalue weighted by Gasteiger charge is 2.31. The van der Waals surface area contributed by atoms with E-state index in [9.17, 15) is 0 Å². The number of methoxy groups -OCH3 is 1. The van der Waals surface area contributed by atoms with Gasteiger partial charge in [0.05, 0.1) is 12.6 Å². The maximum absolute atomic E-state index is 5.65. The molecule has 1 fully saturated rings. The second-order valence-electron chi connectivity index (χ2n) is 4.39. The van der Waals surface area contributed by atoms with Gasteiger partial charge in [-0.3, -0.25) is 0 Å². The highest BCUT2D eigenvalue weighted by Crippen LogP contribution is 2.22. The molecule has 0 aromatic rings. The summed E-state index contributed by atoms with van der Waals surface area (Å²) in [6.07, 6.45) is 2.10. The maximum atomic E-state index is 5.65. The third-order valence-electron chi connectivity index (χ3n) is 3.30. The third-order valence-corrected chi connectivity index (χ3v) is 3.30. The number of aliphatic imine (C=N–C) groups is 1. The molecule has 0 aromatic carbocycles. The Morgan fingerprint density at radius 2 is 2.41 bits per heavy atom. The Balaban J connectivity index is 2.25. The van der Waals surface area contributed by atoms with Crippen molar-refractivity contribution in [3.8, 4) is 0 Å². The zero-order valence-corrected chi connectivity index (χ0v) is 11.0. The fourth-order valence-electron chi connectivity index (χ4n) is 2.18. The predicted molar refractivity (Wildman–Crippen MR) is 66.7 cm³/mol. The molecule has 2 unspecified atom stereocenters. The van der Waals surface area contributed by atoms with E-state index in [-0.39, 0.29) is 12.3 Å². The summed E-state index contributed by atoms with van der Waals surface area (Å²) in [6.45, 7) is 6.77. The van der Waals surface area contributed by atoms with E-state index in [0.29, 0.717) is 0 Å². The number of likely N-dealkylation sites (N-methyl/N-ethyl adjacent to an activating group) is 2. The Kier molecular flexibility index (Phi) is 3.57. The number of fused-ring (bicyclic) bond motifs is 1. The largest absolute Gasteiger partial charge is 0.486 e. The molecular weight excluding hydrogens is 218 g/mol. The van der Waals surface area contributed by atoms with Crippen LogP contribution in [0.25, 0.3) is 0 Å². The summed E-state index contributed by atoms with van der Waals surface area (Å²) in [5.74, 6) is 1.84. The Bertz CT molecular complexity index is 341. The van der Waals surface area contributed by atoms with Crippen LogP contribution in [0, 0.1) is 0 Å². The lowest BCUT2D eigenvalue weighted by Gasteiger charge is -2.38. The smallest absolute Gasteiger partial charge is 0.177 e. The lowest BCUT2D eigenvalue weighted by atomic mass is 10.2. The van der Waals surface area contributed by atoms with E-state index in [4.69, 9.17) is 14.5 Å². The fourth-order valence-corrected chi connectivity index (χ4v) is 2.18. The summed E-state index contributed by atoms with van der Waals surface area (Å²) in [5, 5.41) is 0. The van der Waals surface area contributed by atoms with E-state index in [0.717, 1.165) is 31.3 Å². The van der Waals surface area contributed by atoms with E-state index in [1.807, 2.05) is 25.1 Å². The van der Waals surface area contributed by atoms with E-state index in [1.165, 1.54) is 0 Å². The molecule has 0 bridgehead atoms. The minimum Gasteiger partial charge on any atom is -0.486 e. The van der Waals surface area contributed by atoms with Crippen LogP contribution >= 0.6 is 0 Å². The van der Waals surface area contributed by atoms with Crippen LogP contribution in [0.15, 0.2) is 17.0 Å². The van der Waals surface area contributed by atoms with Crippen molar-refractivity contribution in [1.82, 2.24) is 9.80 Å². The van der Waals surface area contributed by atoms with Gasteiger partial charge in [0.25, 0.3) is 0 Å². The van der Waals surface area contributed by atoms with E-state index < -0.39 is 0 Å². The van der Waals surface area contributed by atoms with Crippen LogP contribution in [0.3, 0.4) is 0 Å². The van der Waals surface area contributed by atoms with E-state index in [1.54, 1.807) is 7.11 Å². The Labute approximate surface area is 103 Å². The van der Waals surface area contributed by atoms with Gasteiger partial charge in [0.2, 0.25) is 0 Å². The molecule has 5 heteroatoms. The monoisotopic (exact) mass is 239 g/mol. The summed E-state index contributed by atoms with van der Waals surface area (Å²) in [4.78, 5) is 9.05. The van der Waals surface area contributed by atoms with Gasteiger partial charge in [-0.05, 0) is 13.8 Å². The Morgan fingerprint density at radius 3 is 3.06 bits per heavy atom. The molecule has 0 radical (unpaired) electrons. The van der Waals surface area contributed by atoms with Gasteiger partial charge >= 0.3 is 0 Å². The second-order valence-corrected chi connectivity index (χ2v) is 4.39. The topological polar surface area (TPSA) is 37.3 Å². The summed E-state index contributed by atoms with van der Waals surface area (Å²) in [5.41, 5.74) is 0. The van der Waals surface area contributed by atoms with Gasteiger partial charge in [-0.1, -0.05) is 0 Å². The average molecular weight is 239 g/mol. The number of amidine groups is 1. The van der Waals surface area contributed by atoms with Crippen molar-refractivity contribution in [2.45, 2.75) is 26.1 Å². The summed E-state index contributed by atoms with van der Waals surface area (Å²) in [7, 11) is 3.72. The van der Waals surface area contributed by atoms with E-state index in [2.05, 4.69) is 11.8 Å². The van der Waals surface area contributed by atoms with Crippen molar-refractivity contribution in [3.05, 3.63) is 12.0 Å². The molecule has 2 aliphatic heterocycles. The Morgan fingerprint density at radius 1 is 1.65 bits per heavy atom. The first-order valence-electron chi connectivity index (χ1n) is 6.09. The lowest BCUT2D eigenvalue weighted by molar-refractivity contribution is 0.0484. The van der Waals surface area contributed by atoms with Crippen molar-refractivity contribution in [2.24, 2.45) is 4.99 Å². The molecule has 0 N–H and O–H groups in total. The van der Waals surface area contributed by atoms with Gasteiger partial charge in [-0.15, -0.1) is 0 Å². The molecule has 2 atom stereocenters. The quantitative estimate of drug-likeness (QED) is 0.733.